The largest absolute Gasteiger partial charge is 0.356 e. The topological polar surface area (TPSA) is 50.1 Å². The van der Waals surface area contributed by atoms with Crippen molar-refractivity contribution in [2.45, 2.75) is 52.1 Å². The molecule has 0 amide bonds. The van der Waals surface area contributed by atoms with Crippen LogP contribution >= 0.6 is 0 Å². The smallest absolute Gasteiger partial charge is 0.132 e. The zero-order chi connectivity index (χ0) is 18.4. The van der Waals surface area contributed by atoms with E-state index in [2.05, 4.69) is 50.4 Å². The molecule has 3 aliphatic heterocycles. The van der Waals surface area contributed by atoms with Crippen LogP contribution in [0.5, 0.6) is 0 Å². The molecule has 6 heteroatoms. The number of rotatable bonds is 4. The van der Waals surface area contributed by atoms with Crippen LogP contribution in [0.3, 0.4) is 0 Å². The minimum absolute atomic E-state index is 0.449. The van der Waals surface area contributed by atoms with E-state index < -0.39 is 0 Å². The van der Waals surface area contributed by atoms with Crippen molar-refractivity contribution in [3.8, 4) is 0 Å². The summed E-state index contributed by atoms with van der Waals surface area (Å²) in [7, 11) is 0. The lowest BCUT2D eigenvalue weighted by Crippen LogP contribution is -2.29. The molecule has 2 aromatic heterocycles. The minimum Gasteiger partial charge on any atom is -0.356 e. The van der Waals surface area contributed by atoms with Gasteiger partial charge < -0.3 is 9.47 Å². The van der Waals surface area contributed by atoms with E-state index in [1.807, 2.05) is 0 Å². The van der Waals surface area contributed by atoms with E-state index in [9.17, 15) is 0 Å². The number of aromatic nitrogens is 4. The minimum atomic E-state index is 0.449. The van der Waals surface area contributed by atoms with E-state index in [0.717, 1.165) is 55.9 Å². The molecule has 2 aromatic rings. The van der Waals surface area contributed by atoms with Crippen molar-refractivity contribution >= 4 is 5.82 Å². The second-order valence-electron chi connectivity index (χ2n) is 8.87. The number of aryl methyl sites for hydroxylation is 2. The molecule has 0 saturated carbocycles. The number of fused-ring (bicyclic) bond motifs is 2. The molecule has 2 unspecified atom stereocenters. The molecule has 5 heterocycles. The summed E-state index contributed by atoms with van der Waals surface area (Å²) in [6.07, 6.45) is 7.77. The Hall–Kier alpha value is -1.95. The summed E-state index contributed by atoms with van der Waals surface area (Å²) in [5.41, 5.74) is 2.41. The number of hydrogen-bond donors (Lipinski definition) is 0. The van der Waals surface area contributed by atoms with E-state index in [1.165, 1.54) is 37.4 Å². The van der Waals surface area contributed by atoms with Crippen LogP contribution in [0.15, 0.2) is 18.6 Å². The summed E-state index contributed by atoms with van der Waals surface area (Å²) < 4.78 is 2.37. The number of hydrogen-bond acceptors (Lipinski definition) is 5. The predicted octanol–water partition coefficient (Wildman–Crippen LogP) is 2.70. The monoisotopic (exact) mass is 366 g/mol. The molecule has 0 radical (unpaired) electrons. The number of imidazole rings is 1. The van der Waals surface area contributed by atoms with E-state index in [1.54, 1.807) is 6.33 Å². The highest BCUT2D eigenvalue weighted by Crippen LogP contribution is 2.34. The highest BCUT2D eigenvalue weighted by atomic mass is 15.3. The predicted molar refractivity (Wildman–Crippen MR) is 106 cm³/mol. The summed E-state index contributed by atoms with van der Waals surface area (Å²) in [5.74, 6) is 4.35. The lowest BCUT2D eigenvalue weighted by molar-refractivity contribution is 0.305. The zero-order valence-corrected chi connectivity index (χ0v) is 16.5. The molecule has 0 bridgehead atoms. The molecular weight excluding hydrogens is 336 g/mol. The van der Waals surface area contributed by atoms with Gasteiger partial charge in [0.25, 0.3) is 0 Å². The molecule has 0 aromatic carbocycles. The first-order valence-corrected chi connectivity index (χ1v) is 10.5. The first-order valence-electron chi connectivity index (χ1n) is 10.5. The second-order valence-corrected chi connectivity index (χ2v) is 8.87. The number of likely N-dealkylation sites (tertiary alicyclic amines) is 1. The first kappa shape index (κ1) is 17.2. The molecular formula is C21H30N6. The Bertz CT molecular complexity index is 775. The van der Waals surface area contributed by atoms with Gasteiger partial charge in [0.15, 0.2) is 0 Å². The van der Waals surface area contributed by atoms with Gasteiger partial charge >= 0.3 is 0 Å². The van der Waals surface area contributed by atoms with Gasteiger partial charge in [-0.05, 0) is 30.6 Å². The lowest BCUT2D eigenvalue weighted by Gasteiger charge is -2.22. The maximum atomic E-state index is 4.89. The Morgan fingerprint density at radius 3 is 2.63 bits per heavy atom. The fourth-order valence-electron chi connectivity index (χ4n) is 5.03. The van der Waals surface area contributed by atoms with Gasteiger partial charge in [0, 0.05) is 63.6 Å². The van der Waals surface area contributed by atoms with Crippen LogP contribution in [0.2, 0.25) is 0 Å². The van der Waals surface area contributed by atoms with Crippen LogP contribution in [0.4, 0.5) is 5.82 Å². The summed E-state index contributed by atoms with van der Waals surface area (Å²) in [6.45, 7) is 11.2. The third-order valence-corrected chi connectivity index (χ3v) is 6.50. The summed E-state index contributed by atoms with van der Waals surface area (Å²) in [4.78, 5) is 18.9. The van der Waals surface area contributed by atoms with E-state index in [-0.39, 0.29) is 0 Å². The Kier molecular flexibility index (Phi) is 4.38. The van der Waals surface area contributed by atoms with Crippen LogP contribution in [0.1, 0.15) is 49.8 Å². The third-order valence-electron chi connectivity index (χ3n) is 6.50. The molecule has 144 valence electrons. The molecule has 0 aliphatic carbocycles. The molecule has 0 spiro atoms. The van der Waals surface area contributed by atoms with Crippen LogP contribution in [0, 0.1) is 11.8 Å². The molecule has 6 nitrogen and oxygen atoms in total. The van der Waals surface area contributed by atoms with Crippen molar-refractivity contribution in [3.05, 3.63) is 35.8 Å². The van der Waals surface area contributed by atoms with Gasteiger partial charge in [-0.25, -0.2) is 15.0 Å². The molecule has 2 fully saturated rings. The van der Waals surface area contributed by atoms with Crippen LogP contribution in [-0.4, -0.2) is 50.6 Å². The number of nitrogens with zero attached hydrogens (tertiary/aromatic N) is 6. The van der Waals surface area contributed by atoms with E-state index in [0.29, 0.717) is 5.92 Å². The fraction of sp³-hybridized carbons (Fsp3) is 0.667. The molecule has 5 rings (SSSR count). The Labute approximate surface area is 161 Å². The van der Waals surface area contributed by atoms with E-state index >= 15 is 0 Å². The molecule has 2 atom stereocenters. The second kappa shape index (κ2) is 6.89. The van der Waals surface area contributed by atoms with Crippen molar-refractivity contribution in [2.75, 3.05) is 31.1 Å². The van der Waals surface area contributed by atoms with Crippen molar-refractivity contribution in [2.24, 2.45) is 11.8 Å². The van der Waals surface area contributed by atoms with Gasteiger partial charge in [-0.1, -0.05) is 13.8 Å². The SMILES string of the molecule is CC(C)c1cc(N2CC3CN(Cc4cn5c(n4)CCCC5)CC3C2)ncn1. The van der Waals surface area contributed by atoms with Crippen LogP contribution in [-0.2, 0) is 19.5 Å². The normalized spacial score (nSPS) is 25.2. The van der Waals surface area contributed by atoms with Gasteiger partial charge in [0.1, 0.15) is 18.0 Å². The van der Waals surface area contributed by atoms with Gasteiger partial charge in [-0.3, -0.25) is 4.90 Å². The summed E-state index contributed by atoms with van der Waals surface area (Å²) in [6, 6.07) is 2.18. The molecule has 0 N–H and O–H groups in total. The molecule has 3 aliphatic rings. The highest BCUT2D eigenvalue weighted by Gasteiger charge is 2.40. The highest BCUT2D eigenvalue weighted by molar-refractivity contribution is 5.41. The standard InChI is InChI=1S/C21H30N6/c1-15(2)19-7-21(23-14-22-19)27-10-16-8-25(9-17(16)11-27)12-18-13-26-6-4-3-5-20(26)24-18/h7,13-17H,3-6,8-12H2,1-2H3. The van der Waals surface area contributed by atoms with Gasteiger partial charge in [-0.15, -0.1) is 0 Å². The van der Waals surface area contributed by atoms with Crippen molar-refractivity contribution in [1.82, 2.24) is 24.4 Å². The zero-order valence-electron chi connectivity index (χ0n) is 16.5. The average molecular weight is 367 g/mol. The first-order chi connectivity index (χ1) is 13.2. The van der Waals surface area contributed by atoms with Crippen molar-refractivity contribution in [3.63, 3.8) is 0 Å². The van der Waals surface area contributed by atoms with E-state index in [4.69, 9.17) is 4.98 Å². The van der Waals surface area contributed by atoms with Crippen LogP contribution in [0.25, 0.3) is 0 Å². The maximum absolute atomic E-state index is 4.89. The Balaban J connectivity index is 1.21. The summed E-state index contributed by atoms with van der Waals surface area (Å²) in [5, 5.41) is 0. The number of anilines is 1. The Morgan fingerprint density at radius 1 is 1.07 bits per heavy atom. The Morgan fingerprint density at radius 2 is 1.89 bits per heavy atom. The van der Waals surface area contributed by atoms with Gasteiger partial charge in [-0.2, -0.15) is 0 Å². The van der Waals surface area contributed by atoms with Crippen LogP contribution < -0.4 is 4.90 Å². The maximum Gasteiger partial charge on any atom is 0.132 e. The molecule has 27 heavy (non-hydrogen) atoms. The molecule has 2 saturated heterocycles. The average Bonchev–Trinajstić information content (AvgIpc) is 3.34. The van der Waals surface area contributed by atoms with Crippen molar-refractivity contribution in [1.29, 1.82) is 0 Å². The van der Waals surface area contributed by atoms with Crippen molar-refractivity contribution < 1.29 is 0 Å². The fourth-order valence-corrected chi connectivity index (χ4v) is 5.03. The van der Waals surface area contributed by atoms with Gasteiger partial charge in [0.05, 0.1) is 5.69 Å². The van der Waals surface area contributed by atoms with Gasteiger partial charge in [0.2, 0.25) is 0 Å². The summed E-state index contributed by atoms with van der Waals surface area (Å²) >= 11 is 0. The quantitative estimate of drug-likeness (QED) is 0.833. The lowest BCUT2D eigenvalue weighted by atomic mass is 10.0. The third kappa shape index (κ3) is 3.35.